The van der Waals surface area contributed by atoms with Gasteiger partial charge in [-0.05, 0) is 26.6 Å². The molecule has 0 bridgehead atoms. The first-order valence-electron chi connectivity index (χ1n) is 3.78. The number of nitrogens with zero attached hydrogens (tertiary/aromatic N) is 1. The van der Waals surface area contributed by atoms with E-state index in [0.29, 0.717) is 0 Å². The molecule has 0 spiro atoms. The molecule has 0 aromatic carbocycles. The standard InChI is InChI=1S/C8H17ClN2/c1-8(6-9)7-10-4-5-11(2)3/h6,10H,4-5,7H2,1-3H3. The summed E-state index contributed by atoms with van der Waals surface area (Å²) in [6.07, 6.45) is 0. The van der Waals surface area contributed by atoms with E-state index in [-0.39, 0.29) is 0 Å². The zero-order chi connectivity index (χ0) is 8.69. The molecule has 0 aromatic heterocycles. The second kappa shape index (κ2) is 6.65. The van der Waals surface area contributed by atoms with Crippen LogP contribution in [-0.4, -0.2) is 38.6 Å². The van der Waals surface area contributed by atoms with Crippen molar-refractivity contribution in [2.24, 2.45) is 0 Å². The second-order valence-corrected chi connectivity index (χ2v) is 3.15. The van der Waals surface area contributed by atoms with Crippen LogP contribution in [0.1, 0.15) is 6.92 Å². The fourth-order valence-electron chi connectivity index (χ4n) is 0.627. The van der Waals surface area contributed by atoms with Crippen molar-refractivity contribution in [3.05, 3.63) is 11.1 Å². The Morgan fingerprint density at radius 2 is 2.18 bits per heavy atom. The van der Waals surface area contributed by atoms with Crippen molar-refractivity contribution < 1.29 is 0 Å². The van der Waals surface area contributed by atoms with Crippen LogP contribution in [0.2, 0.25) is 0 Å². The summed E-state index contributed by atoms with van der Waals surface area (Å²) in [6, 6.07) is 0. The summed E-state index contributed by atoms with van der Waals surface area (Å²) in [5, 5.41) is 3.27. The van der Waals surface area contributed by atoms with E-state index in [0.717, 1.165) is 19.6 Å². The average Bonchev–Trinajstić information content (AvgIpc) is 1.97. The van der Waals surface area contributed by atoms with E-state index in [1.807, 2.05) is 6.92 Å². The van der Waals surface area contributed by atoms with E-state index >= 15 is 0 Å². The maximum Gasteiger partial charge on any atom is 0.0174 e. The van der Waals surface area contributed by atoms with E-state index in [4.69, 9.17) is 11.6 Å². The number of likely N-dealkylation sites (N-methyl/N-ethyl adjacent to an activating group) is 1. The summed E-state index contributed by atoms with van der Waals surface area (Å²) in [6.45, 7) is 4.97. The average molecular weight is 177 g/mol. The third-order valence-electron chi connectivity index (χ3n) is 1.33. The Morgan fingerprint density at radius 1 is 1.55 bits per heavy atom. The van der Waals surface area contributed by atoms with Gasteiger partial charge in [0.15, 0.2) is 0 Å². The minimum atomic E-state index is 0.886. The fourth-order valence-corrected chi connectivity index (χ4v) is 0.704. The molecule has 1 N–H and O–H groups in total. The highest BCUT2D eigenvalue weighted by molar-refractivity contribution is 6.25. The maximum atomic E-state index is 5.48. The third kappa shape index (κ3) is 7.85. The SMILES string of the molecule is CC(=CCl)CNCCN(C)C. The van der Waals surface area contributed by atoms with Gasteiger partial charge in [-0.3, -0.25) is 0 Å². The van der Waals surface area contributed by atoms with E-state index in [9.17, 15) is 0 Å². The Balaban J connectivity index is 3.15. The molecule has 0 aliphatic carbocycles. The molecule has 0 saturated carbocycles. The van der Waals surface area contributed by atoms with Crippen LogP contribution in [0, 0.1) is 0 Å². The number of hydrogen-bond acceptors (Lipinski definition) is 2. The minimum absolute atomic E-state index is 0.886. The first-order chi connectivity index (χ1) is 5.16. The number of nitrogens with one attached hydrogen (secondary N) is 1. The second-order valence-electron chi connectivity index (χ2n) is 2.94. The zero-order valence-corrected chi connectivity index (χ0v) is 8.28. The lowest BCUT2D eigenvalue weighted by atomic mass is 10.3. The molecule has 66 valence electrons. The van der Waals surface area contributed by atoms with Gasteiger partial charge < -0.3 is 10.2 Å². The molecule has 3 heteroatoms. The van der Waals surface area contributed by atoms with Crippen LogP contribution in [-0.2, 0) is 0 Å². The molecule has 0 unspecified atom stereocenters. The Morgan fingerprint density at radius 3 is 2.64 bits per heavy atom. The fraction of sp³-hybridized carbons (Fsp3) is 0.750. The monoisotopic (exact) mass is 176 g/mol. The quantitative estimate of drug-likeness (QED) is 0.635. The van der Waals surface area contributed by atoms with Crippen LogP contribution in [0.4, 0.5) is 0 Å². The minimum Gasteiger partial charge on any atom is -0.312 e. The van der Waals surface area contributed by atoms with Crippen LogP contribution in [0.25, 0.3) is 0 Å². The topological polar surface area (TPSA) is 15.3 Å². The van der Waals surface area contributed by atoms with Crippen molar-refractivity contribution >= 4 is 11.6 Å². The van der Waals surface area contributed by atoms with E-state index < -0.39 is 0 Å². The normalized spacial score (nSPS) is 12.6. The molecule has 0 heterocycles. The van der Waals surface area contributed by atoms with Crippen LogP contribution >= 0.6 is 11.6 Å². The van der Waals surface area contributed by atoms with Crippen molar-refractivity contribution in [1.29, 1.82) is 0 Å². The summed E-state index contributed by atoms with van der Waals surface area (Å²) < 4.78 is 0. The van der Waals surface area contributed by atoms with Gasteiger partial charge in [-0.25, -0.2) is 0 Å². The van der Waals surface area contributed by atoms with E-state index in [2.05, 4.69) is 24.3 Å². The summed E-state index contributed by atoms with van der Waals surface area (Å²) in [7, 11) is 4.12. The Kier molecular flexibility index (Phi) is 6.62. The van der Waals surface area contributed by atoms with Crippen molar-refractivity contribution in [2.45, 2.75) is 6.92 Å². The first kappa shape index (κ1) is 11.0. The summed E-state index contributed by atoms with van der Waals surface area (Å²) in [4.78, 5) is 2.15. The Labute approximate surface area is 74.2 Å². The summed E-state index contributed by atoms with van der Waals surface area (Å²) in [5.41, 5.74) is 2.79. The molecule has 0 amide bonds. The van der Waals surface area contributed by atoms with Crippen LogP contribution in [0.3, 0.4) is 0 Å². The molecule has 0 aliphatic rings. The highest BCUT2D eigenvalue weighted by Crippen LogP contribution is 1.91. The molecular weight excluding hydrogens is 160 g/mol. The van der Waals surface area contributed by atoms with Crippen LogP contribution < -0.4 is 5.32 Å². The van der Waals surface area contributed by atoms with Gasteiger partial charge in [0, 0.05) is 25.2 Å². The van der Waals surface area contributed by atoms with Gasteiger partial charge in [0.2, 0.25) is 0 Å². The largest absolute Gasteiger partial charge is 0.312 e. The molecule has 11 heavy (non-hydrogen) atoms. The lowest BCUT2D eigenvalue weighted by Crippen LogP contribution is -2.27. The van der Waals surface area contributed by atoms with E-state index in [1.54, 1.807) is 5.54 Å². The Hall–Kier alpha value is -0.0500. The maximum absolute atomic E-state index is 5.48. The molecule has 0 fully saturated rings. The van der Waals surface area contributed by atoms with E-state index in [1.165, 1.54) is 5.57 Å². The Bertz CT molecular complexity index is 121. The van der Waals surface area contributed by atoms with Gasteiger partial charge in [0.25, 0.3) is 0 Å². The van der Waals surface area contributed by atoms with Crippen LogP contribution in [0.5, 0.6) is 0 Å². The van der Waals surface area contributed by atoms with Crippen LogP contribution in [0.15, 0.2) is 11.1 Å². The number of rotatable bonds is 5. The van der Waals surface area contributed by atoms with Crippen molar-refractivity contribution in [1.82, 2.24) is 10.2 Å². The predicted octanol–water partition coefficient (Wildman–Crippen LogP) is 1.28. The van der Waals surface area contributed by atoms with Gasteiger partial charge in [-0.15, -0.1) is 0 Å². The van der Waals surface area contributed by atoms with Crippen molar-refractivity contribution in [3.8, 4) is 0 Å². The van der Waals surface area contributed by atoms with Gasteiger partial charge >= 0.3 is 0 Å². The predicted molar refractivity (Wildman–Crippen MR) is 51.0 cm³/mol. The zero-order valence-electron chi connectivity index (χ0n) is 7.52. The number of halogens is 1. The molecule has 0 saturated heterocycles. The smallest absolute Gasteiger partial charge is 0.0174 e. The van der Waals surface area contributed by atoms with Crippen molar-refractivity contribution in [2.75, 3.05) is 33.7 Å². The summed E-state index contributed by atoms with van der Waals surface area (Å²) >= 11 is 5.48. The molecular formula is C8H17ClN2. The molecule has 0 aliphatic heterocycles. The molecule has 0 atom stereocenters. The number of hydrogen-bond donors (Lipinski definition) is 1. The van der Waals surface area contributed by atoms with Gasteiger partial charge in [0.1, 0.15) is 0 Å². The third-order valence-corrected chi connectivity index (χ3v) is 1.70. The molecule has 0 radical (unpaired) electrons. The molecule has 0 rings (SSSR count). The molecule has 0 aromatic rings. The van der Waals surface area contributed by atoms with Gasteiger partial charge in [-0.2, -0.15) is 0 Å². The van der Waals surface area contributed by atoms with Gasteiger partial charge in [-0.1, -0.05) is 11.6 Å². The lowest BCUT2D eigenvalue weighted by molar-refractivity contribution is 0.403. The molecule has 2 nitrogen and oxygen atoms in total. The lowest BCUT2D eigenvalue weighted by Gasteiger charge is -2.09. The first-order valence-corrected chi connectivity index (χ1v) is 4.21. The van der Waals surface area contributed by atoms with Crippen molar-refractivity contribution in [3.63, 3.8) is 0 Å². The highest BCUT2D eigenvalue weighted by atomic mass is 35.5. The highest BCUT2D eigenvalue weighted by Gasteiger charge is 1.90. The van der Waals surface area contributed by atoms with Gasteiger partial charge in [0.05, 0.1) is 0 Å². The summed E-state index contributed by atoms with van der Waals surface area (Å²) in [5.74, 6) is 0.